The summed E-state index contributed by atoms with van der Waals surface area (Å²) in [6.45, 7) is 4.00. The Labute approximate surface area is 233 Å². The predicted octanol–water partition coefficient (Wildman–Crippen LogP) is 5.12. The van der Waals surface area contributed by atoms with Crippen LogP contribution < -0.4 is 16.4 Å². The molecule has 2 aromatic carbocycles. The Bertz CT molecular complexity index is 1340. The maximum atomic E-state index is 13.6. The van der Waals surface area contributed by atoms with E-state index in [1.165, 1.54) is 44.5 Å². The number of piperidine rings is 1. The van der Waals surface area contributed by atoms with Gasteiger partial charge in [0.15, 0.2) is 0 Å². The number of nitrogens with one attached hydrogen (secondary N) is 2. The summed E-state index contributed by atoms with van der Waals surface area (Å²) in [5, 5.41) is 11.1. The molecule has 39 heavy (non-hydrogen) atoms. The number of fused-ring (bicyclic) bond motifs is 1. The molecule has 2 aliphatic heterocycles. The minimum atomic E-state index is -0.605. The van der Waals surface area contributed by atoms with Gasteiger partial charge < -0.3 is 16.4 Å². The Kier molecular flexibility index (Phi) is 9.73. The van der Waals surface area contributed by atoms with Gasteiger partial charge in [0, 0.05) is 31.4 Å². The van der Waals surface area contributed by atoms with Gasteiger partial charge in [-0.2, -0.15) is 5.10 Å². The molecule has 1 atom stereocenters. The van der Waals surface area contributed by atoms with Crippen molar-refractivity contribution in [2.75, 3.05) is 43.9 Å². The number of allylic oxidation sites excluding steroid dienone is 1. The summed E-state index contributed by atoms with van der Waals surface area (Å²) in [7, 11) is 1.87. The number of anilines is 2. The van der Waals surface area contributed by atoms with E-state index in [-0.39, 0.29) is 16.6 Å². The first kappa shape index (κ1) is 28.3. The number of para-hydroxylation sites is 1. The number of likely N-dealkylation sites (tertiary alicyclic amines) is 1. The number of benzene rings is 2. The molecule has 4 N–H and O–H groups in total. The Balaban J connectivity index is 0.000000270. The molecule has 2 aliphatic rings. The number of nitrogens with two attached hydrogens (primary N) is 1. The van der Waals surface area contributed by atoms with Gasteiger partial charge in [0.25, 0.3) is 5.91 Å². The van der Waals surface area contributed by atoms with E-state index in [0.717, 1.165) is 30.5 Å². The second-order valence-corrected chi connectivity index (χ2v) is 9.91. The number of amides is 1. The molecule has 8 nitrogen and oxygen atoms in total. The number of carbonyl (C=O) groups excluding carboxylic acids is 2. The number of halogens is 2. The van der Waals surface area contributed by atoms with Crippen LogP contribution in [-0.2, 0) is 4.79 Å². The second kappa shape index (κ2) is 13.4. The second-order valence-electron chi connectivity index (χ2n) is 9.50. The minimum Gasteiger partial charge on any atom is -0.388 e. The largest absolute Gasteiger partial charge is 0.388 e. The lowest BCUT2D eigenvalue weighted by molar-refractivity contribution is -0.104. The van der Waals surface area contributed by atoms with Gasteiger partial charge in [-0.3, -0.25) is 14.5 Å². The number of aromatic nitrogens is 2. The van der Waals surface area contributed by atoms with E-state index in [4.69, 9.17) is 22.4 Å². The fourth-order valence-corrected chi connectivity index (χ4v) is 5.25. The topological polar surface area (TPSA) is 105 Å². The highest BCUT2D eigenvalue weighted by Gasteiger charge is 2.31. The first-order chi connectivity index (χ1) is 18.9. The van der Waals surface area contributed by atoms with Crippen LogP contribution in [0.25, 0.3) is 11.3 Å². The number of carbonyl (C=O) groups is 2. The molecule has 1 amide bonds. The van der Waals surface area contributed by atoms with Crippen LogP contribution in [0.2, 0.25) is 5.02 Å². The van der Waals surface area contributed by atoms with E-state index < -0.39 is 11.7 Å². The molecule has 3 heterocycles. The van der Waals surface area contributed by atoms with E-state index in [1.54, 1.807) is 16.8 Å². The van der Waals surface area contributed by atoms with E-state index in [9.17, 15) is 14.0 Å². The number of rotatable bonds is 7. The van der Waals surface area contributed by atoms with Crippen molar-refractivity contribution in [2.45, 2.75) is 31.7 Å². The third kappa shape index (κ3) is 6.66. The Morgan fingerprint density at radius 3 is 2.69 bits per heavy atom. The lowest BCUT2D eigenvalue weighted by Gasteiger charge is -2.27. The van der Waals surface area contributed by atoms with Gasteiger partial charge >= 0.3 is 0 Å². The predicted molar refractivity (Wildman–Crippen MR) is 154 cm³/mol. The average molecular weight is 553 g/mol. The molecule has 206 valence electrons. The number of nitrogens with zero attached hydrogens (tertiary/aromatic N) is 3. The number of aldehydes is 1. The highest BCUT2D eigenvalue weighted by atomic mass is 35.5. The standard InChI is InChI=1S/C20H19ClFN5O.C9H15NO/c1-24-15-5-3-2-4-12(15)16-8-9-25-20-17(19(23)28)18(26-27(16)20)11-6-7-14(22)13(21)10-11;11-9-5-4-8-10-6-2-1-3-7-10/h2-7,10,16,24-25H,8-9H2,1H3,(H2,23,28);4-5,9H,1-3,6-8H2/b;5-4+. The molecule has 5 rings (SSSR count). The minimum absolute atomic E-state index is 0.0380. The quantitative estimate of drug-likeness (QED) is 0.278. The van der Waals surface area contributed by atoms with Crippen molar-refractivity contribution in [2.24, 2.45) is 5.73 Å². The van der Waals surface area contributed by atoms with Crippen LogP contribution >= 0.6 is 11.6 Å². The normalized spacial score (nSPS) is 17.1. The first-order valence-corrected chi connectivity index (χ1v) is 13.5. The lowest BCUT2D eigenvalue weighted by Crippen LogP contribution is -2.29. The van der Waals surface area contributed by atoms with Crippen LogP contribution in [0.4, 0.5) is 15.9 Å². The summed E-state index contributed by atoms with van der Waals surface area (Å²) in [5.41, 5.74) is 8.92. The van der Waals surface area contributed by atoms with Crippen LogP contribution in [0.1, 0.15) is 47.6 Å². The number of hydrogen-bond donors (Lipinski definition) is 3. The summed E-state index contributed by atoms with van der Waals surface area (Å²) < 4.78 is 15.4. The van der Waals surface area contributed by atoms with Gasteiger partial charge in [0.1, 0.15) is 29.2 Å². The zero-order valence-corrected chi connectivity index (χ0v) is 22.8. The van der Waals surface area contributed by atoms with Crippen LogP contribution in [0.5, 0.6) is 0 Å². The van der Waals surface area contributed by atoms with E-state index >= 15 is 0 Å². The van der Waals surface area contributed by atoms with Crippen molar-refractivity contribution in [3.63, 3.8) is 0 Å². The van der Waals surface area contributed by atoms with E-state index in [1.807, 2.05) is 37.4 Å². The van der Waals surface area contributed by atoms with Gasteiger partial charge in [-0.15, -0.1) is 0 Å². The third-order valence-corrected chi connectivity index (χ3v) is 7.26. The van der Waals surface area contributed by atoms with Gasteiger partial charge in [0.2, 0.25) is 0 Å². The van der Waals surface area contributed by atoms with Gasteiger partial charge in [-0.1, -0.05) is 42.3 Å². The highest BCUT2D eigenvalue weighted by molar-refractivity contribution is 6.31. The van der Waals surface area contributed by atoms with Crippen LogP contribution in [0, 0.1) is 5.82 Å². The molecule has 1 aromatic heterocycles. The third-order valence-electron chi connectivity index (χ3n) is 6.97. The average Bonchev–Trinajstić information content (AvgIpc) is 3.36. The van der Waals surface area contributed by atoms with Gasteiger partial charge in [0.05, 0.1) is 11.1 Å². The van der Waals surface area contributed by atoms with Crippen molar-refractivity contribution in [3.05, 3.63) is 76.6 Å². The van der Waals surface area contributed by atoms with Crippen molar-refractivity contribution < 1.29 is 14.0 Å². The summed E-state index contributed by atoms with van der Waals surface area (Å²) in [4.78, 5) is 24.6. The smallest absolute Gasteiger partial charge is 0.254 e. The maximum Gasteiger partial charge on any atom is 0.254 e. The maximum absolute atomic E-state index is 13.6. The molecule has 0 saturated carbocycles. The number of hydrogen-bond acceptors (Lipinski definition) is 6. The Hall–Kier alpha value is -3.69. The summed E-state index contributed by atoms with van der Waals surface area (Å²) in [5.74, 6) is -0.578. The van der Waals surface area contributed by atoms with Gasteiger partial charge in [-0.05, 0) is 68.3 Å². The first-order valence-electron chi connectivity index (χ1n) is 13.2. The number of primary amides is 1. The molecular formula is C29H34ClFN6O2. The molecule has 0 radical (unpaired) electrons. The van der Waals surface area contributed by atoms with Crippen LogP contribution in [0.3, 0.4) is 0 Å². The molecule has 3 aromatic rings. The molecule has 0 spiro atoms. The summed E-state index contributed by atoms with van der Waals surface area (Å²) >= 11 is 5.94. The lowest BCUT2D eigenvalue weighted by atomic mass is 10.00. The highest BCUT2D eigenvalue weighted by Crippen LogP contribution is 2.39. The fourth-order valence-electron chi connectivity index (χ4n) is 5.07. The molecule has 0 bridgehead atoms. The summed E-state index contributed by atoms with van der Waals surface area (Å²) in [6.07, 6.45) is 9.13. The van der Waals surface area contributed by atoms with Crippen molar-refractivity contribution in [1.29, 1.82) is 0 Å². The van der Waals surface area contributed by atoms with Crippen molar-refractivity contribution >= 4 is 35.3 Å². The molecule has 1 fully saturated rings. The molecule has 0 aliphatic carbocycles. The van der Waals surface area contributed by atoms with E-state index in [0.29, 0.717) is 23.6 Å². The summed E-state index contributed by atoms with van der Waals surface area (Å²) in [6, 6.07) is 12.1. The van der Waals surface area contributed by atoms with Crippen molar-refractivity contribution in [1.82, 2.24) is 14.7 Å². The SMILES string of the molecule is CNc1ccccc1C1CCNc2c(C(N)=O)c(-c3ccc(F)c(Cl)c3)nn21.O=C/C=C/CN1CCCCC1. The Morgan fingerprint density at radius 2 is 2.00 bits per heavy atom. The van der Waals surface area contributed by atoms with E-state index in [2.05, 4.69) is 15.5 Å². The van der Waals surface area contributed by atoms with Crippen molar-refractivity contribution in [3.8, 4) is 11.3 Å². The zero-order chi connectivity index (χ0) is 27.8. The zero-order valence-electron chi connectivity index (χ0n) is 22.0. The fraction of sp³-hybridized carbons (Fsp3) is 0.345. The monoisotopic (exact) mass is 552 g/mol. The molecule has 1 unspecified atom stereocenters. The van der Waals surface area contributed by atoms with Crippen LogP contribution in [0.15, 0.2) is 54.6 Å². The molecular weight excluding hydrogens is 519 g/mol. The Morgan fingerprint density at radius 1 is 1.23 bits per heavy atom. The van der Waals surface area contributed by atoms with Gasteiger partial charge in [-0.25, -0.2) is 9.07 Å². The molecule has 1 saturated heterocycles. The molecule has 10 heteroatoms. The van der Waals surface area contributed by atoms with Crippen LogP contribution in [-0.4, -0.2) is 60.1 Å².